The number of aromatic nitrogens is 6. The van der Waals surface area contributed by atoms with Gasteiger partial charge >= 0.3 is 0 Å². The molecule has 0 unspecified atom stereocenters. The van der Waals surface area contributed by atoms with E-state index >= 15 is 0 Å². The maximum absolute atomic E-state index is 3.92. The van der Waals surface area contributed by atoms with Crippen molar-refractivity contribution in [1.29, 1.82) is 0 Å². The van der Waals surface area contributed by atoms with Crippen molar-refractivity contribution in [3.8, 4) is 0 Å². The van der Waals surface area contributed by atoms with Gasteiger partial charge < -0.3 is 0 Å². The zero-order chi connectivity index (χ0) is 11.1. The van der Waals surface area contributed by atoms with Crippen LogP contribution in [0.3, 0.4) is 0 Å². The quantitative estimate of drug-likeness (QED) is 0.656. The van der Waals surface area contributed by atoms with Crippen molar-refractivity contribution >= 4 is 0 Å². The van der Waals surface area contributed by atoms with Crippen molar-refractivity contribution in [1.82, 2.24) is 30.0 Å². The summed E-state index contributed by atoms with van der Waals surface area (Å²) in [6.07, 6.45) is 12.0. The fourth-order valence-corrected chi connectivity index (χ4v) is 1.61. The van der Waals surface area contributed by atoms with E-state index in [1.165, 1.54) is 12.8 Å². The van der Waals surface area contributed by atoms with Crippen LogP contribution in [-0.2, 0) is 13.1 Å². The van der Waals surface area contributed by atoms with Crippen molar-refractivity contribution in [2.45, 2.75) is 38.8 Å². The Labute approximate surface area is 94.3 Å². The van der Waals surface area contributed by atoms with Gasteiger partial charge in [0.25, 0.3) is 0 Å². The molecular formula is C10H16N6. The Morgan fingerprint density at radius 2 is 1.19 bits per heavy atom. The molecule has 0 radical (unpaired) electrons. The second kappa shape index (κ2) is 5.99. The summed E-state index contributed by atoms with van der Waals surface area (Å²) in [5.41, 5.74) is 0. The molecule has 16 heavy (non-hydrogen) atoms. The van der Waals surface area contributed by atoms with Gasteiger partial charge in [0, 0.05) is 25.5 Å². The lowest BCUT2D eigenvalue weighted by Gasteiger charge is -2.01. The molecule has 0 aliphatic heterocycles. The highest BCUT2D eigenvalue weighted by atomic mass is 15.4. The molecule has 2 heterocycles. The van der Waals surface area contributed by atoms with Crippen LogP contribution < -0.4 is 0 Å². The third kappa shape index (κ3) is 3.45. The Morgan fingerprint density at radius 1 is 0.688 bits per heavy atom. The molecule has 0 bridgehead atoms. The largest absolute Gasteiger partial charge is 0.253 e. The zero-order valence-electron chi connectivity index (χ0n) is 9.24. The van der Waals surface area contributed by atoms with Gasteiger partial charge in [-0.05, 0) is 12.8 Å². The monoisotopic (exact) mass is 220 g/mol. The van der Waals surface area contributed by atoms with Crippen LogP contribution in [0.1, 0.15) is 25.7 Å². The van der Waals surface area contributed by atoms with Crippen LogP contribution in [0, 0.1) is 0 Å². The van der Waals surface area contributed by atoms with Gasteiger partial charge in [0.1, 0.15) is 0 Å². The van der Waals surface area contributed by atoms with Crippen molar-refractivity contribution in [3.05, 3.63) is 24.8 Å². The van der Waals surface area contributed by atoms with Crippen LogP contribution in [0.2, 0.25) is 0 Å². The molecule has 0 N–H and O–H groups in total. The molecule has 2 rings (SSSR count). The van der Waals surface area contributed by atoms with Crippen LogP contribution in [-0.4, -0.2) is 30.0 Å². The highest BCUT2D eigenvalue weighted by Crippen LogP contribution is 2.02. The van der Waals surface area contributed by atoms with Gasteiger partial charge in [-0.3, -0.25) is 9.36 Å². The Kier molecular flexibility index (Phi) is 4.04. The third-order valence-electron chi connectivity index (χ3n) is 2.47. The lowest BCUT2D eigenvalue weighted by atomic mass is 10.2. The molecule has 0 aromatic carbocycles. The normalized spacial score (nSPS) is 10.8. The first-order valence-corrected chi connectivity index (χ1v) is 5.63. The number of rotatable bonds is 7. The van der Waals surface area contributed by atoms with E-state index in [1.807, 2.05) is 21.8 Å². The van der Waals surface area contributed by atoms with E-state index in [0.717, 1.165) is 25.9 Å². The summed E-state index contributed by atoms with van der Waals surface area (Å²) < 4.78 is 3.74. The minimum Gasteiger partial charge on any atom is -0.253 e. The zero-order valence-corrected chi connectivity index (χ0v) is 9.24. The fourth-order valence-electron chi connectivity index (χ4n) is 1.61. The summed E-state index contributed by atoms with van der Waals surface area (Å²) in [6.45, 7) is 1.92. The summed E-state index contributed by atoms with van der Waals surface area (Å²) >= 11 is 0. The van der Waals surface area contributed by atoms with Gasteiger partial charge in [-0.25, -0.2) is 0 Å². The number of aryl methyl sites for hydroxylation is 2. The number of hydrogen-bond acceptors (Lipinski definition) is 4. The van der Waals surface area contributed by atoms with Gasteiger partial charge in [-0.2, -0.15) is 0 Å². The maximum Gasteiger partial charge on any atom is 0.0692 e. The highest BCUT2D eigenvalue weighted by molar-refractivity contribution is 4.64. The van der Waals surface area contributed by atoms with Crippen LogP contribution in [0.4, 0.5) is 0 Å². The molecule has 6 heteroatoms. The smallest absolute Gasteiger partial charge is 0.0692 e. The molecular weight excluding hydrogens is 204 g/mol. The standard InChI is InChI=1S/C10H16N6/c1(3-7-15-9-5-11-13-15)2-4-8-16-10-6-12-14-16/h5-6,9-10H,1-4,7-8H2. The topological polar surface area (TPSA) is 61.4 Å². The highest BCUT2D eigenvalue weighted by Gasteiger charge is 1.94. The number of nitrogens with zero attached hydrogens (tertiary/aromatic N) is 6. The molecule has 0 spiro atoms. The average Bonchev–Trinajstić information content (AvgIpc) is 2.96. The number of unbranched alkanes of at least 4 members (excludes halogenated alkanes) is 3. The minimum atomic E-state index is 0.962. The molecule has 0 amide bonds. The molecule has 86 valence electrons. The molecule has 0 saturated heterocycles. The predicted molar refractivity (Wildman–Crippen MR) is 58.5 cm³/mol. The van der Waals surface area contributed by atoms with Crippen molar-refractivity contribution in [2.24, 2.45) is 0 Å². The Balaban J connectivity index is 1.49. The van der Waals surface area contributed by atoms with Crippen LogP contribution in [0.15, 0.2) is 24.8 Å². The molecule has 0 fully saturated rings. The maximum atomic E-state index is 3.92. The lowest BCUT2D eigenvalue weighted by Crippen LogP contribution is -2.00. The van der Waals surface area contributed by atoms with Crippen molar-refractivity contribution in [2.75, 3.05) is 0 Å². The molecule has 2 aromatic rings. The van der Waals surface area contributed by atoms with E-state index in [0.29, 0.717) is 0 Å². The van der Waals surface area contributed by atoms with Gasteiger partial charge in [0.2, 0.25) is 0 Å². The van der Waals surface area contributed by atoms with Crippen molar-refractivity contribution < 1.29 is 0 Å². The average molecular weight is 220 g/mol. The van der Waals surface area contributed by atoms with E-state index in [9.17, 15) is 0 Å². The SMILES string of the molecule is c1cn(CCCCCCn2ccnn2)nn1. The Hall–Kier alpha value is -1.72. The third-order valence-corrected chi connectivity index (χ3v) is 2.47. The van der Waals surface area contributed by atoms with Gasteiger partial charge in [0.05, 0.1) is 12.4 Å². The minimum absolute atomic E-state index is 0.962. The van der Waals surface area contributed by atoms with Gasteiger partial charge in [0.15, 0.2) is 0 Å². The van der Waals surface area contributed by atoms with E-state index < -0.39 is 0 Å². The molecule has 0 saturated carbocycles. The first-order chi connectivity index (χ1) is 7.95. The van der Waals surface area contributed by atoms with Gasteiger partial charge in [-0.1, -0.05) is 23.3 Å². The van der Waals surface area contributed by atoms with E-state index in [4.69, 9.17) is 0 Å². The summed E-state index contributed by atoms with van der Waals surface area (Å²) in [6, 6.07) is 0. The van der Waals surface area contributed by atoms with E-state index in [2.05, 4.69) is 20.6 Å². The Bertz CT molecular complexity index is 328. The van der Waals surface area contributed by atoms with Crippen LogP contribution in [0.25, 0.3) is 0 Å². The number of hydrogen-bond donors (Lipinski definition) is 0. The van der Waals surface area contributed by atoms with Crippen molar-refractivity contribution in [3.63, 3.8) is 0 Å². The molecule has 0 aliphatic rings. The first-order valence-electron chi connectivity index (χ1n) is 5.63. The Morgan fingerprint density at radius 3 is 1.56 bits per heavy atom. The summed E-state index contributed by atoms with van der Waals surface area (Å²) in [7, 11) is 0. The van der Waals surface area contributed by atoms with E-state index in [1.54, 1.807) is 12.4 Å². The molecule has 0 atom stereocenters. The van der Waals surface area contributed by atoms with E-state index in [-0.39, 0.29) is 0 Å². The lowest BCUT2D eigenvalue weighted by molar-refractivity contribution is 0.490. The van der Waals surface area contributed by atoms with Crippen LogP contribution >= 0.6 is 0 Å². The molecule has 6 nitrogen and oxygen atoms in total. The second-order valence-electron chi connectivity index (χ2n) is 3.75. The predicted octanol–water partition coefficient (Wildman–Crippen LogP) is 1.13. The second-order valence-corrected chi connectivity index (χ2v) is 3.75. The summed E-state index contributed by atoms with van der Waals surface area (Å²) in [5.74, 6) is 0. The fraction of sp³-hybridized carbons (Fsp3) is 0.600. The van der Waals surface area contributed by atoms with Crippen LogP contribution in [0.5, 0.6) is 0 Å². The molecule has 2 aromatic heterocycles. The van der Waals surface area contributed by atoms with Gasteiger partial charge in [-0.15, -0.1) is 10.2 Å². The summed E-state index contributed by atoms with van der Waals surface area (Å²) in [5, 5.41) is 15.4. The first kappa shape index (κ1) is 10.8. The summed E-state index contributed by atoms with van der Waals surface area (Å²) in [4.78, 5) is 0. The molecule has 0 aliphatic carbocycles.